The highest BCUT2D eigenvalue weighted by molar-refractivity contribution is 7.79. The maximum absolute atomic E-state index is 10.7. The van der Waals surface area contributed by atoms with Crippen LogP contribution < -0.4 is 0 Å². The van der Waals surface area contributed by atoms with Crippen molar-refractivity contribution in [1.29, 1.82) is 0 Å². The van der Waals surface area contributed by atoms with Gasteiger partial charge in [-0.2, -0.15) is 0 Å². The zero-order chi connectivity index (χ0) is 9.97. The lowest BCUT2D eigenvalue weighted by molar-refractivity contribution is 0.564. The molecule has 14 heavy (non-hydrogen) atoms. The van der Waals surface area contributed by atoms with Crippen LogP contribution in [0.5, 0.6) is 0 Å². The fraction of sp³-hybridized carbons (Fsp3) is 0. The average molecular weight is 208 g/mol. The highest BCUT2D eigenvalue weighted by Crippen LogP contribution is 2.20. The fourth-order valence-electron chi connectivity index (χ4n) is 1.19. The van der Waals surface area contributed by atoms with E-state index in [2.05, 4.69) is 0 Å². The smallest absolute Gasteiger partial charge is 0.186 e. The molecule has 0 amide bonds. The lowest BCUT2D eigenvalue weighted by Crippen LogP contribution is -1.86. The summed E-state index contributed by atoms with van der Waals surface area (Å²) in [4.78, 5) is 0.400. The van der Waals surface area contributed by atoms with Gasteiger partial charge in [-0.05, 0) is 23.8 Å². The molecule has 0 fully saturated rings. The molecule has 0 aliphatic heterocycles. The summed E-state index contributed by atoms with van der Waals surface area (Å²) in [6.45, 7) is 0. The van der Waals surface area contributed by atoms with Gasteiger partial charge in [-0.1, -0.05) is 12.1 Å². The van der Waals surface area contributed by atoms with Crippen LogP contribution in [0.15, 0.2) is 52.2 Å². The van der Waals surface area contributed by atoms with Gasteiger partial charge in [-0.3, -0.25) is 0 Å². The van der Waals surface area contributed by atoms with Gasteiger partial charge in [-0.25, -0.2) is 4.21 Å². The standard InChI is InChI=1S/C10H8O3S/c11-14(12)10-3-1-8(2-4-10)9-5-6-13-7-9/h1-7H,(H,11,12). The van der Waals surface area contributed by atoms with Gasteiger partial charge in [0.2, 0.25) is 0 Å². The third kappa shape index (κ3) is 1.76. The third-order valence-corrected chi connectivity index (χ3v) is 2.59. The molecule has 2 aromatic rings. The summed E-state index contributed by atoms with van der Waals surface area (Å²) in [6, 6.07) is 8.66. The van der Waals surface area contributed by atoms with E-state index in [-0.39, 0.29) is 0 Å². The summed E-state index contributed by atoms with van der Waals surface area (Å²) < 4.78 is 24.4. The Labute approximate surface area is 83.7 Å². The van der Waals surface area contributed by atoms with E-state index in [4.69, 9.17) is 8.97 Å². The summed E-state index contributed by atoms with van der Waals surface area (Å²) in [7, 11) is 0. The van der Waals surface area contributed by atoms with Gasteiger partial charge < -0.3 is 8.97 Å². The van der Waals surface area contributed by atoms with Crippen LogP contribution in [0.2, 0.25) is 0 Å². The van der Waals surface area contributed by atoms with Gasteiger partial charge in [0.25, 0.3) is 0 Å². The van der Waals surface area contributed by atoms with Crippen molar-refractivity contribution in [3.8, 4) is 11.1 Å². The Balaban J connectivity index is 2.36. The molecular weight excluding hydrogens is 200 g/mol. The fourth-order valence-corrected chi connectivity index (χ4v) is 1.56. The molecule has 1 heterocycles. The van der Waals surface area contributed by atoms with Crippen LogP contribution in [0.1, 0.15) is 0 Å². The Hall–Kier alpha value is -1.39. The van der Waals surface area contributed by atoms with Crippen LogP contribution in [-0.4, -0.2) is 8.76 Å². The minimum absolute atomic E-state index is 0.400. The number of rotatable bonds is 2. The van der Waals surface area contributed by atoms with Gasteiger partial charge in [0.1, 0.15) is 0 Å². The van der Waals surface area contributed by atoms with E-state index in [1.807, 2.05) is 6.07 Å². The Morgan fingerprint density at radius 3 is 2.29 bits per heavy atom. The van der Waals surface area contributed by atoms with E-state index >= 15 is 0 Å². The molecule has 0 saturated carbocycles. The van der Waals surface area contributed by atoms with Crippen LogP contribution >= 0.6 is 0 Å². The minimum Gasteiger partial charge on any atom is -0.472 e. The maximum Gasteiger partial charge on any atom is 0.186 e. The van der Waals surface area contributed by atoms with Crippen molar-refractivity contribution in [2.24, 2.45) is 0 Å². The third-order valence-electron chi connectivity index (χ3n) is 1.91. The monoisotopic (exact) mass is 208 g/mol. The van der Waals surface area contributed by atoms with Gasteiger partial charge in [0, 0.05) is 5.56 Å². The van der Waals surface area contributed by atoms with E-state index in [0.717, 1.165) is 11.1 Å². The molecule has 0 bridgehead atoms. The molecule has 72 valence electrons. The molecule has 3 nitrogen and oxygen atoms in total. The summed E-state index contributed by atoms with van der Waals surface area (Å²) in [5, 5.41) is 0. The van der Waals surface area contributed by atoms with E-state index in [9.17, 15) is 4.21 Å². The van der Waals surface area contributed by atoms with E-state index in [1.165, 1.54) is 0 Å². The summed E-state index contributed by atoms with van der Waals surface area (Å²) >= 11 is -1.91. The average Bonchev–Trinajstić information content (AvgIpc) is 2.71. The van der Waals surface area contributed by atoms with Crippen LogP contribution in [0, 0.1) is 0 Å². The number of benzene rings is 1. The summed E-state index contributed by atoms with van der Waals surface area (Å²) in [5.74, 6) is 0. The van der Waals surface area contributed by atoms with E-state index < -0.39 is 11.1 Å². The molecular formula is C10H8O3S. The molecule has 0 saturated heterocycles. The molecule has 0 spiro atoms. The second-order valence-electron chi connectivity index (χ2n) is 2.79. The Bertz CT molecular complexity index is 431. The van der Waals surface area contributed by atoms with Crippen LogP contribution in [0.25, 0.3) is 11.1 Å². The summed E-state index contributed by atoms with van der Waals surface area (Å²) in [5.41, 5.74) is 1.92. The first-order chi connectivity index (χ1) is 6.77. The van der Waals surface area contributed by atoms with Crippen molar-refractivity contribution in [2.45, 2.75) is 4.90 Å². The van der Waals surface area contributed by atoms with E-state index in [1.54, 1.807) is 36.8 Å². The molecule has 1 N–H and O–H groups in total. The van der Waals surface area contributed by atoms with Crippen LogP contribution in [0.4, 0.5) is 0 Å². The molecule has 2 rings (SSSR count). The van der Waals surface area contributed by atoms with Gasteiger partial charge >= 0.3 is 0 Å². The SMILES string of the molecule is O=S(O)c1ccc(-c2ccoc2)cc1. The molecule has 1 atom stereocenters. The van der Waals surface area contributed by atoms with Crippen molar-refractivity contribution < 1.29 is 13.2 Å². The van der Waals surface area contributed by atoms with Crippen LogP contribution in [0.3, 0.4) is 0 Å². The largest absolute Gasteiger partial charge is 0.472 e. The molecule has 4 heteroatoms. The topological polar surface area (TPSA) is 50.4 Å². The first-order valence-corrected chi connectivity index (χ1v) is 5.11. The zero-order valence-corrected chi connectivity index (χ0v) is 8.03. The second-order valence-corrected chi connectivity index (χ2v) is 3.76. The predicted molar refractivity (Wildman–Crippen MR) is 53.2 cm³/mol. The first kappa shape index (κ1) is 9.18. The van der Waals surface area contributed by atoms with Crippen molar-refractivity contribution in [3.63, 3.8) is 0 Å². The van der Waals surface area contributed by atoms with Gasteiger partial charge in [-0.15, -0.1) is 0 Å². The van der Waals surface area contributed by atoms with Gasteiger partial charge in [0.05, 0.1) is 17.4 Å². The van der Waals surface area contributed by atoms with Crippen molar-refractivity contribution in [3.05, 3.63) is 42.9 Å². The first-order valence-electron chi connectivity index (χ1n) is 4.01. The predicted octanol–water partition coefficient (Wildman–Crippen LogP) is 2.53. The number of furan rings is 1. The van der Waals surface area contributed by atoms with Crippen molar-refractivity contribution in [1.82, 2.24) is 0 Å². The van der Waals surface area contributed by atoms with E-state index in [0.29, 0.717) is 4.90 Å². The highest BCUT2D eigenvalue weighted by Gasteiger charge is 2.01. The zero-order valence-electron chi connectivity index (χ0n) is 7.21. The lowest BCUT2D eigenvalue weighted by atomic mass is 10.1. The molecule has 1 unspecified atom stereocenters. The molecule has 0 aliphatic rings. The van der Waals surface area contributed by atoms with Gasteiger partial charge in [0.15, 0.2) is 11.1 Å². The molecule has 1 aromatic carbocycles. The minimum atomic E-state index is -1.91. The summed E-state index contributed by atoms with van der Waals surface area (Å²) in [6.07, 6.45) is 3.22. The van der Waals surface area contributed by atoms with Crippen molar-refractivity contribution >= 4 is 11.1 Å². The Morgan fingerprint density at radius 1 is 1.07 bits per heavy atom. The Morgan fingerprint density at radius 2 is 1.79 bits per heavy atom. The molecule has 1 aromatic heterocycles. The van der Waals surface area contributed by atoms with Crippen LogP contribution in [-0.2, 0) is 11.1 Å². The van der Waals surface area contributed by atoms with Crippen molar-refractivity contribution in [2.75, 3.05) is 0 Å². The second kappa shape index (κ2) is 3.77. The molecule has 0 aliphatic carbocycles. The number of hydrogen-bond donors (Lipinski definition) is 1. The Kier molecular flexibility index (Phi) is 2.47. The lowest BCUT2D eigenvalue weighted by Gasteiger charge is -1.97. The highest BCUT2D eigenvalue weighted by atomic mass is 32.2. The normalized spacial score (nSPS) is 12.6. The number of hydrogen-bond acceptors (Lipinski definition) is 2. The molecule has 0 radical (unpaired) electrons. The quantitative estimate of drug-likeness (QED) is 0.771. The maximum atomic E-state index is 10.7.